The Balaban J connectivity index is 2.41. The summed E-state index contributed by atoms with van der Waals surface area (Å²) in [5, 5.41) is 2.78. The van der Waals surface area contributed by atoms with Gasteiger partial charge in [0.1, 0.15) is 0 Å². The number of amides is 1. The van der Waals surface area contributed by atoms with E-state index in [-0.39, 0.29) is 5.91 Å². The van der Waals surface area contributed by atoms with Crippen molar-refractivity contribution in [2.45, 2.75) is 6.42 Å². The molecule has 1 N–H and O–H groups in total. The number of rotatable bonds is 3. The van der Waals surface area contributed by atoms with Crippen molar-refractivity contribution in [3.63, 3.8) is 0 Å². The predicted molar refractivity (Wildman–Crippen MR) is 65.1 cm³/mol. The van der Waals surface area contributed by atoms with Crippen molar-refractivity contribution < 1.29 is 14.3 Å². The second kappa shape index (κ2) is 4.91. The van der Waals surface area contributed by atoms with Gasteiger partial charge in [0, 0.05) is 17.7 Å². The lowest BCUT2D eigenvalue weighted by atomic mass is 10.1. The van der Waals surface area contributed by atoms with Gasteiger partial charge in [-0.1, -0.05) is 12.1 Å². The highest BCUT2D eigenvalue weighted by atomic mass is 16.5. The fraction of sp³-hybridized carbons (Fsp3) is 0.308. The Morgan fingerprint density at radius 2 is 2.12 bits per heavy atom. The number of carbonyl (C=O) groups excluding carboxylic acids is 1. The number of carbonyl (C=O) groups is 1. The van der Waals surface area contributed by atoms with Crippen LogP contribution in [-0.2, 0) is 4.79 Å². The van der Waals surface area contributed by atoms with E-state index >= 15 is 0 Å². The molecule has 1 fully saturated rings. The van der Waals surface area contributed by atoms with E-state index in [4.69, 9.17) is 9.47 Å². The van der Waals surface area contributed by atoms with Gasteiger partial charge in [-0.2, -0.15) is 0 Å². The van der Waals surface area contributed by atoms with Crippen LogP contribution < -0.4 is 14.8 Å². The number of hydrogen-bond acceptors (Lipinski definition) is 3. The van der Waals surface area contributed by atoms with Gasteiger partial charge in [-0.05, 0) is 18.6 Å². The predicted octanol–water partition coefficient (Wildman–Crippen LogP) is 1.61. The summed E-state index contributed by atoms with van der Waals surface area (Å²) in [4.78, 5) is 11.5. The first-order valence-electron chi connectivity index (χ1n) is 5.46. The van der Waals surface area contributed by atoms with E-state index in [1.54, 1.807) is 14.2 Å². The van der Waals surface area contributed by atoms with E-state index in [1.807, 2.05) is 24.3 Å². The van der Waals surface area contributed by atoms with Crippen LogP contribution in [0.5, 0.6) is 11.5 Å². The maximum Gasteiger partial charge on any atom is 0.247 e. The van der Waals surface area contributed by atoms with Gasteiger partial charge in [-0.15, -0.1) is 0 Å². The Labute approximate surface area is 100 Å². The van der Waals surface area contributed by atoms with Crippen molar-refractivity contribution in [3.8, 4) is 11.5 Å². The van der Waals surface area contributed by atoms with Gasteiger partial charge in [-0.25, -0.2) is 0 Å². The first-order valence-corrected chi connectivity index (χ1v) is 5.46. The summed E-state index contributed by atoms with van der Waals surface area (Å²) in [5.74, 6) is 1.32. The molecule has 1 amide bonds. The molecule has 2 rings (SSSR count). The third-order valence-electron chi connectivity index (χ3n) is 2.73. The summed E-state index contributed by atoms with van der Waals surface area (Å²) in [6.45, 7) is 0.705. The van der Waals surface area contributed by atoms with E-state index in [2.05, 4.69) is 5.32 Å². The minimum absolute atomic E-state index is 0.00475. The van der Waals surface area contributed by atoms with E-state index in [0.29, 0.717) is 18.0 Å². The average molecular weight is 233 g/mol. The normalized spacial score (nSPS) is 17.1. The first-order chi connectivity index (χ1) is 8.26. The van der Waals surface area contributed by atoms with Crippen LogP contribution in [0.4, 0.5) is 0 Å². The molecule has 0 aliphatic carbocycles. The molecular weight excluding hydrogens is 218 g/mol. The van der Waals surface area contributed by atoms with Gasteiger partial charge in [0.05, 0.1) is 14.2 Å². The third kappa shape index (κ3) is 2.25. The zero-order chi connectivity index (χ0) is 12.3. The second-order valence-corrected chi connectivity index (χ2v) is 3.76. The van der Waals surface area contributed by atoms with Crippen LogP contribution in [-0.4, -0.2) is 26.7 Å². The Bertz CT molecular complexity index is 466. The molecule has 0 saturated carbocycles. The zero-order valence-electron chi connectivity index (χ0n) is 9.95. The van der Waals surface area contributed by atoms with Gasteiger partial charge < -0.3 is 14.8 Å². The van der Waals surface area contributed by atoms with Crippen LogP contribution in [0.1, 0.15) is 12.0 Å². The fourth-order valence-electron chi connectivity index (χ4n) is 1.89. The minimum atomic E-state index is -0.00475. The van der Waals surface area contributed by atoms with Crippen LogP contribution in [0.3, 0.4) is 0 Å². The molecule has 0 atom stereocenters. The van der Waals surface area contributed by atoms with E-state index in [1.165, 1.54) is 0 Å². The van der Waals surface area contributed by atoms with Crippen molar-refractivity contribution in [1.82, 2.24) is 5.32 Å². The topological polar surface area (TPSA) is 47.6 Å². The highest BCUT2D eigenvalue weighted by molar-refractivity contribution is 6.00. The molecule has 90 valence electrons. The molecule has 0 bridgehead atoms. The van der Waals surface area contributed by atoms with E-state index < -0.39 is 0 Å². The standard InChI is InChI=1S/C13H15NO3/c1-16-11-5-3-4-9(12(11)17-2)8-10-6-7-14-13(10)15/h3-5,8H,6-7H2,1-2H3,(H,14,15)/b10-8+. The van der Waals surface area contributed by atoms with Crippen LogP contribution in [0, 0.1) is 0 Å². The van der Waals surface area contributed by atoms with Crippen LogP contribution >= 0.6 is 0 Å². The van der Waals surface area contributed by atoms with E-state index in [0.717, 1.165) is 17.6 Å². The Kier molecular flexibility index (Phi) is 3.32. The van der Waals surface area contributed by atoms with Crippen molar-refractivity contribution in [2.24, 2.45) is 0 Å². The summed E-state index contributed by atoms with van der Waals surface area (Å²) < 4.78 is 10.5. The Hall–Kier alpha value is -1.97. The molecule has 0 radical (unpaired) electrons. The Morgan fingerprint density at radius 3 is 2.71 bits per heavy atom. The zero-order valence-corrected chi connectivity index (χ0v) is 9.95. The molecule has 0 aromatic heterocycles. The van der Waals surface area contributed by atoms with Gasteiger partial charge in [0.25, 0.3) is 0 Å². The van der Waals surface area contributed by atoms with Gasteiger partial charge in [0.2, 0.25) is 5.91 Å². The van der Waals surface area contributed by atoms with Crippen molar-refractivity contribution in [1.29, 1.82) is 0 Å². The Morgan fingerprint density at radius 1 is 1.29 bits per heavy atom. The highest BCUT2D eigenvalue weighted by Crippen LogP contribution is 2.32. The molecule has 4 nitrogen and oxygen atoms in total. The largest absolute Gasteiger partial charge is 0.493 e. The second-order valence-electron chi connectivity index (χ2n) is 3.76. The lowest BCUT2D eigenvalue weighted by molar-refractivity contribution is -0.116. The summed E-state index contributed by atoms with van der Waals surface area (Å²) in [7, 11) is 3.19. The fourth-order valence-corrected chi connectivity index (χ4v) is 1.89. The quantitative estimate of drug-likeness (QED) is 0.807. The average Bonchev–Trinajstić information content (AvgIpc) is 2.74. The summed E-state index contributed by atoms with van der Waals surface area (Å²) >= 11 is 0. The number of ether oxygens (including phenoxy) is 2. The molecule has 1 saturated heterocycles. The first kappa shape index (κ1) is 11.5. The smallest absolute Gasteiger partial charge is 0.247 e. The number of benzene rings is 1. The molecule has 0 spiro atoms. The molecule has 1 heterocycles. The lowest BCUT2D eigenvalue weighted by Gasteiger charge is -2.10. The highest BCUT2D eigenvalue weighted by Gasteiger charge is 2.17. The lowest BCUT2D eigenvalue weighted by Crippen LogP contribution is -2.14. The summed E-state index contributed by atoms with van der Waals surface area (Å²) in [6, 6.07) is 5.61. The number of methoxy groups -OCH3 is 2. The van der Waals surface area contributed by atoms with Gasteiger partial charge >= 0.3 is 0 Å². The third-order valence-corrected chi connectivity index (χ3v) is 2.73. The summed E-state index contributed by atoms with van der Waals surface area (Å²) in [5.41, 5.74) is 1.63. The molecule has 1 aromatic rings. The van der Waals surface area contributed by atoms with E-state index in [9.17, 15) is 4.79 Å². The van der Waals surface area contributed by atoms with Crippen LogP contribution in [0.15, 0.2) is 23.8 Å². The SMILES string of the molecule is COc1cccc(/C=C2\CCNC2=O)c1OC. The van der Waals surface area contributed by atoms with Crippen LogP contribution in [0.25, 0.3) is 6.08 Å². The monoisotopic (exact) mass is 233 g/mol. The number of hydrogen-bond donors (Lipinski definition) is 1. The number of nitrogens with one attached hydrogen (secondary N) is 1. The molecule has 1 aliphatic heterocycles. The molecule has 1 aliphatic rings. The molecule has 1 aromatic carbocycles. The molecular formula is C13H15NO3. The maximum absolute atomic E-state index is 11.5. The number of para-hydroxylation sites is 1. The van der Waals surface area contributed by atoms with Crippen molar-refractivity contribution in [2.75, 3.05) is 20.8 Å². The summed E-state index contributed by atoms with van der Waals surface area (Å²) in [6.07, 6.45) is 2.60. The van der Waals surface area contributed by atoms with Crippen molar-refractivity contribution in [3.05, 3.63) is 29.3 Å². The van der Waals surface area contributed by atoms with Gasteiger partial charge in [0.15, 0.2) is 11.5 Å². The molecule has 0 unspecified atom stereocenters. The minimum Gasteiger partial charge on any atom is -0.493 e. The molecule has 17 heavy (non-hydrogen) atoms. The van der Waals surface area contributed by atoms with Crippen LogP contribution in [0.2, 0.25) is 0 Å². The van der Waals surface area contributed by atoms with Gasteiger partial charge in [-0.3, -0.25) is 4.79 Å². The maximum atomic E-state index is 11.5. The van der Waals surface area contributed by atoms with Crippen molar-refractivity contribution >= 4 is 12.0 Å². The molecule has 4 heteroatoms.